The molecule has 4 rings (SSSR count). The summed E-state index contributed by atoms with van der Waals surface area (Å²) >= 11 is 1.53. The Balaban J connectivity index is 1.75. The number of amides is 1. The van der Waals surface area contributed by atoms with Crippen LogP contribution in [0.4, 0.5) is 11.5 Å². The molecule has 0 unspecified atom stereocenters. The van der Waals surface area contributed by atoms with Crippen molar-refractivity contribution in [1.82, 2.24) is 9.97 Å². The molecule has 1 aromatic carbocycles. The molecule has 1 amide bonds. The zero-order valence-electron chi connectivity index (χ0n) is 11.1. The number of fused-ring (bicyclic) bond motifs is 1. The van der Waals surface area contributed by atoms with Gasteiger partial charge in [-0.1, -0.05) is 18.2 Å². The SMILES string of the molecule is O=C1Cc2ccccc2N1c1csc(-c2ccncc2)n1. The molecule has 0 saturated carbocycles. The van der Waals surface area contributed by atoms with E-state index in [2.05, 4.69) is 9.97 Å². The normalized spacial score (nSPS) is 13.5. The van der Waals surface area contributed by atoms with Gasteiger partial charge in [0.05, 0.1) is 12.1 Å². The largest absolute Gasteiger partial charge is 0.274 e. The van der Waals surface area contributed by atoms with Gasteiger partial charge in [-0.3, -0.25) is 14.7 Å². The van der Waals surface area contributed by atoms with E-state index in [1.165, 1.54) is 11.3 Å². The Morgan fingerprint density at radius 1 is 1.10 bits per heavy atom. The number of rotatable bonds is 2. The summed E-state index contributed by atoms with van der Waals surface area (Å²) in [6.07, 6.45) is 3.93. The summed E-state index contributed by atoms with van der Waals surface area (Å²) in [6, 6.07) is 11.7. The van der Waals surface area contributed by atoms with Gasteiger partial charge in [0.25, 0.3) is 0 Å². The first-order chi connectivity index (χ1) is 10.3. The number of aromatic nitrogens is 2. The fraction of sp³-hybridized carbons (Fsp3) is 0.0625. The zero-order valence-corrected chi connectivity index (χ0v) is 11.9. The monoisotopic (exact) mass is 293 g/mol. The Morgan fingerprint density at radius 2 is 1.90 bits per heavy atom. The van der Waals surface area contributed by atoms with E-state index in [9.17, 15) is 4.79 Å². The molecule has 0 radical (unpaired) electrons. The third-order valence-corrected chi connectivity index (χ3v) is 4.35. The molecule has 1 aliphatic rings. The van der Waals surface area contributed by atoms with Gasteiger partial charge in [0.2, 0.25) is 5.91 Å². The van der Waals surface area contributed by atoms with Gasteiger partial charge >= 0.3 is 0 Å². The number of hydrogen-bond donors (Lipinski definition) is 0. The Hall–Kier alpha value is -2.53. The Bertz CT molecular complexity index is 813. The van der Waals surface area contributed by atoms with Crippen molar-refractivity contribution in [2.24, 2.45) is 0 Å². The summed E-state index contributed by atoms with van der Waals surface area (Å²) in [5, 5.41) is 2.82. The summed E-state index contributed by atoms with van der Waals surface area (Å²) in [7, 11) is 0. The van der Waals surface area contributed by atoms with Crippen molar-refractivity contribution in [3.05, 3.63) is 59.7 Å². The van der Waals surface area contributed by atoms with E-state index in [0.717, 1.165) is 21.8 Å². The van der Waals surface area contributed by atoms with E-state index in [-0.39, 0.29) is 5.91 Å². The molecule has 0 fully saturated rings. The molecule has 3 heterocycles. The molecular formula is C16H11N3OS. The second-order valence-electron chi connectivity index (χ2n) is 4.78. The first-order valence-electron chi connectivity index (χ1n) is 6.60. The minimum absolute atomic E-state index is 0.0720. The summed E-state index contributed by atoms with van der Waals surface area (Å²) in [5.74, 6) is 0.768. The molecule has 0 aliphatic carbocycles. The van der Waals surface area contributed by atoms with Crippen LogP contribution in [-0.2, 0) is 11.2 Å². The van der Waals surface area contributed by atoms with Gasteiger partial charge in [-0.15, -0.1) is 11.3 Å². The summed E-state index contributed by atoms with van der Waals surface area (Å²) < 4.78 is 0. The van der Waals surface area contributed by atoms with Crippen molar-refractivity contribution >= 4 is 28.7 Å². The zero-order chi connectivity index (χ0) is 14.2. The minimum atomic E-state index is 0.0720. The number of benzene rings is 1. The highest BCUT2D eigenvalue weighted by atomic mass is 32.1. The van der Waals surface area contributed by atoms with E-state index < -0.39 is 0 Å². The highest BCUT2D eigenvalue weighted by Gasteiger charge is 2.29. The molecule has 2 aromatic heterocycles. The highest BCUT2D eigenvalue weighted by molar-refractivity contribution is 7.13. The van der Waals surface area contributed by atoms with Gasteiger partial charge in [-0.25, -0.2) is 4.98 Å². The van der Waals surface area contributed by atoms with E-state index >= 15 is 0 Å². The first kappa shape index (κ1) is 12.2. The van der Waals surface area contributed by atoms with Crippen LogP contribution in [0, 0.1) is 0 Å². The lowest BCUT2D eigenvalue weighted by Gasteiger charge is -2.13. The number of carbonyl (C=O) groups is 1. The van der Waals surface area contributed by atoms with Crippen molar-refractivity contribution in [3.8, 4) is 10.6 Å². The molecular weight excluding hydrogens is 282 g/mol. The van der Waals surface area contributed by atoms with Gasteiger partial charge in [0.15, 0.2) is 5.82 Å². The number of anilines is 2. The number of carbonyl (C=O) groups excluding carboxylic acids is 1. The smallest absolute Gasteiger partial charge is 0.237 e. The molecule has 3 aromatic rings. The van der Waals surface area contributed by atoms with Crippen molar-refractivity contribution in [2.45, 2.75) is 6.42 Å². The van der Waals surface area contributed by atoms with Crippen LogP contribution in [0.5, 0.6) is 0 Å². The van der Waals surface area contributed by atoms with Crippen LogP contribution in [0.25, 0.3) is 10.6 Å². The molecule has 102 valence electrons. The molecule has 0 atom stereocenters. The molecule has 1 aliphatic heterocycles. The Labute approximate surface area is 125 Å². The summed E-state index contributed by atoms with van der Waals surface area (Å²) in [6.45, 7) is 0. The first-order valence-corrected chi connectivity index (χ1v) is 7.48. The van der Waals surface area contributed by atoms with Gasteiger partial charge in [-0.05, 0) is 23.8 Å². The number of hydrogen-bond acceptors (Lipinski definition) is 4. The quantitative estimate of drug-likeness (QED) is 0.727. The van der Waals surface area contributed by atoms with E-state index in [0.29, 0.717) is 12.2 Å². The van der Waals surface area contributed by atoms with Gasteiger partial charge in [0.1, 0.15) is 5.01 Å². The third kappa shape index (κ3) is 2.02. The van der Waals surface area contributed by atoms with Gasteiger partial charge < -0.3 is 0 Å². The number of nitrogens with zero attached hydrogens (tertiary/aromatic N) is 3. The fourth-order valence-corrected chi connectivity index (χ4v) is 3.29. The van der Waals surface area contributed by atoms with Crippen LogP contribution in [0.1, 0.15) is 5.56 Å². The van der Waals surface area contributed by atoms with E-state index in [1.807, 2.05) is 41.8 Å². The summed E-state index contributed by atoms with van der Waals surface area (Å²) in [5.41, 5.74) is 3.01. The van der Waals surface area contributed by atoms with Crippen LogP contribution in [-0.4, -0.2) is 15.9 Å². The predicted octanol–water partition coefficient (Wildman–Crippen LogP) is 3.43. The Kier molecular flexibility index (Phi) is 2.79. The lowest BCUT2D eigenvalue weighted by Crippen LogP contribution is -2.21. The number of pyridine rings is 1. The van der Waals surface area contributed by atoms with Crippen LogP contribution < -0.4 is 4.90 Å². The third-order valence-electron chi connectivity index (χ3n) is 3.47. The van der Waals surface area contributed by atoms with Crippen LogP contribution >= 0.6 is 11.3 Å². The van der Waals surface area contributed by atoms with Gasteiger partial charge in [0, 0.05) is 23.3 Å². The number of para-hydroxylation sites is 1. The van der Waals surface area contributed by atoms with Crippen LogP contribution in [0.2, 0.25) is 0 Å². The second kappa shape index (κ2) is 4.79. The minimum Gasteiger partial charge on any atom is -0.274 e. The van der Waals surface area contributed by atoms with E-state index in [1.54, 1.807) is 17.3 Å². The molecule has 0 saturated heterocycles. The lowest BCUT2D eigenvalue weighted by molar-refractivity contribution is -0.116. The average molecular weight is 293 g/mol. The van der Waals surface area contributed by atoms with Crippen LogP contribution in [0.3, 0.4) is 0 Å². The molecule has 5 heteroatoms. The summed E-state index contributed by atoms with van der Waals surface area (Å²) in [4.78, 5) is 22.6. The standard InChI is InChI=1S/C16H11N3OS/c20-15-9-12-3-1-2-4-13(12)19(15)14-10-21-16(18-14)11-5-7-17-8-6-11/h1-8,10H,9H2. The van der Waals surface area contributed by atoms with Crippen molar-refractivity contribution in [2.75, 3.05) is 4.90 Å². The molecule has 0 bridgehead atoms. The molecule has 0 spiro atoms. The maximum Gasteiger partial charge on any atom is 0.237 e. The highest BCUT2D eigenvalue weighted by Crippen LogP contribution is 2.37. The van der Waals surface area contributed by atoms with E-state index in [4.69, 9.17) is 0 Å². The fourth-order valence-electron chi connectivity index (χ4n) is 2.50. The molecule has 4 nitrogen and oxygen atoms in total. The van der Waals surface area contributed by atoms with Gasteiger partial charge in [-0.2, -0.15) is 0 Å². The van der Waals surface area contributed by atoms with Crippen molar-refractivity contribution in [3.63, 3.8) is 0 Å². The maximum absolute atomic E-state index is 12.3. The van der Waals surface area contributed by atoms with Crippen molar-refractivity contribution in [1.29, 1.82) is 0 Å². The van der Waals surface area contributed by atoms with Crippen molar-refractivity contribution < 1.29 is 4.79 Å². The maximum atomic E-state index is 12.3. The number of thiazole rings is 1. The average Bonchev–Trinajstić information content (AvgIpc) is 3.11. The molecule has 21 heavy (non-hydrogen) atoms. The topological polar surface area (TPSA) is 46.1 Å². The molecule has 0 N–H and O–H groups in total. The Morgan fingerprint density at radius 3 is 2.76 bits per heavy atom. The second-order valence-corrected chi connectivity index (χ2v) is 5.64. The predicted molar refractivity (Wildman–Crippen MR) is 82.6 cm³/mol. The van der Waals surface area contributed by atoms with Crippen LogP contribution in [0.15, 0.2) is 54.2 Å². The lowest BCUT2D eigenvalue weighted by atomic mass is 10.2.